The van der Waals surface area contributed by atoms with E-state index < -0.39 is 0 Å². The van der Waals surface area contributed by atoms with Crippen LogP contribution < -0.4 is 0 Å². The van der Waals surface area contributed by atoms with Gasteiger partial charge in [0.15, 0.2) is 5.13 Å². The third kappa shape index (κ3) is 2.84. The molecule has 0 aliphatic heterocycles. The Kier molecular flexibility index (Phi) is 4.21. The Morgan fingerprint density at radius 1 is 0.487 bits per heavy atom. The molecule has 0 saturated heterocycles. The Morgan fingerprint density at radius 2 is 1.18 bits per heavy atom. The van der Waals surface area contributed by atoms with Gasteiger partial charge in [-0.1, -0.05) is 96.3 Å². The van der Waals surface area contributed by atoms with Gasteiger partial charge in [0.2, 0.25) is 0 Å². The molecule has 182 valence electrons. The van der Waals surface area contributed by atoms with Gasteiger partial charge in [-0.2, -0.15) is 0 Å². The minimum absolute atomic E-state index is 0.998. The molecule has 0 unspecified atom stereocenters. The fourth-order valence-corrected chi connectivity index (χ4v) is 7.32. The van der Waals surface area contributed by atoms with Crippen LogP contribution in [0.5, 0.6) is 0 Å². The van der Waals surface area contributed by atoms with Crippen molar-refractivity contribution >= 4 is 75.9 Å². The van der Waals surface area contributed by atoms with E-state index in [1.807, 2.05) is 0 Å². The van der Waals surface area contributed by atoms with Crippen molar-refractivity contribution in [3.05, 3.63) is 127 Å². The van der Waals surface area contributed by atoms with Gasteiger partial charge in [-0.3, -0.25) is 4.57 Å². The van der Waals surface area contributed by atoms with E-state index in [1.165, 1.54) is 64.8 Å². The van der Waals surface area contributed by atoms with E-state index in [2.05, 4.69) is 137 Å². The standard InChI is InChI=1S/C35H21N3S/c1-2-10-23(11-3-1)37-28-15-7-4-12-24(28)25-20-18-22-19-21-30-33(32(22)34(25)37)26-13-5-8-16-29(26)38(30)35-36-27-14-6-9-17-31(27)39-35/h1-21H. The van der Waals surface area contributed by atoms with Crippen molar-refractivity contribution in [2.45, 2.75) is 0 Å². The summed E-state index contributed by atoms with van der Waals surface area (Å²) in [6.07, 6.45) is 0. The number of hydrogen-bond acceptors (Lipinski definition) is 2. The molecule has 3 nitrogen and oxygen atoms in total. The van der Waals surface area contributed by atoms with Crippen LogP contribution in [0.15, 0.2) is 127 Å². The summed E-state index contributed by atoms with van der Waals surface area (Å²) in [5.41, 5.74) is 7.04. The van der Waals surface area contributed by atoms with Crippen molar-refractivity contribution in [1.82, 2.24) is 14.1 Å². The first kappa shape index (κ1) is 21.1. The summed E-state index contributed by atoms with van der Waals surface area (Å²) in [5, 5.41) is 8.57. The summed E-state index contributed by atoms with van der Waals surface area (Å²) in [6.45, 7) is 0. The van der Waals surface area contributed by atoms with Crippen LogP contribution >= 0.6 is 11.3 Å². The van der Waals surface area contributed by atoms with Crippen LogP contribution in [0.3, 0.4) is 0 Å². The average Bonchev–Trinajstić information content (AvgIpc) is 3.67. The zero-order valence-electron chi connectivity index (χ0n) is 20.9. The van der Waals surface area contributed by atoms with Gasteiger partial charge < -0.3 is 4.57 Å². The highest BCUT2D eigenvalue weighted by molar-refractivity contribution is 7.20. The van der Waals surface area contributed by atoms with E-state index in [0.717, 1.165) is 10.6 Å². The molecule has 39 heavy (non-hydrogen) atoms. The number of fused-ring (bicyclic) bond motifs is 10. The number of thiazole rings is 1. The Balaban J connectivity index is 1.53. The molecule has 9 rings (SSSR count). The predicted octanol–water partition coefficient (Wildman–Crippen LogP) is 9.64. The van der Waals surface area contributed by atoms with Crippen LogP contribution in [0.1, 0.15) is 0 Å². The van der Waals surface area contributed by atoms with E-state index in [1.54, 1.807) is 11.3 Å². The lowest BCUT2D eigenvalue weighted by molar-refractivity contribution is 1.15. The van der Waals surface area contributed by atoms with Crippen LogP contribution in [-0.2, 0) is 0 Å². The predicted molar refractivity (Wildman–Crippen MR) is 166 cm³/mol. The van der Waals surface area contributed by atoms with Gasteiger partial charge >= 0.3 is 0 Å². The van der Waals surface area contributed by atoms with Gasteiger partial charge in [-0.15, -0.1) is 0 Å². The maximum Gasteiger partial charge on any atom is 0.195 e. The maximum atomic E-state index is 5.07. The van der Waals surface area contributed by atoms with Crippen molar-refractivity contribution in [3.63, 3.8) is 0 Å². The summed E-state index contributed by atoms with van der Waals surface area (Å²) in [5.74, 6) is 0. The molecule has 0 radical (unpaired) electrons. The van der Waals surface area contributed by atoms with Gasteiger partial charge in [0.1, 0.15) is 0 Å². The number of hydrogen-bond donors (Lipinski definition) is 0. The van der Waals surface area contributed by atoms with Crippen molar-refractivity contribution in [2.24, 2.45) is 0 Å². The molecule has 3 heterocycles. The summed E-state index contributed by atoms with van der Waals surface area (Å²) < 4.78 is 5.99. The van der Waals surface area contributed by atoms with Gasteiger partial charge in [0.25, 0.3) is 0 Å². The first-order valence-corrected chi connectivity index (χ1v) is 14.0. The van der Waals surface area contributed by atoms with Gasteiger partial charge in [-0.05, 0) is 47.9 Å². The van der Waals surface area contributed by atoms with Gasteiger partial charge in [-0.25, -0.2) is 4.98 Å². The van der Waals surface area contributed by atoms with Crippen LogP contribution in [-0.4, -0.2) is 14.1 Å². The second-order valence-corrected chi connectivity index (χ2v) is 11.0. The minimum Gasteiger partial charge on any atom is -0.309 e. The lowest BCUT2D eigenvalue weighted by Gasteiger charge is -2.11. The molecule has 0 aliphatic rings. The third-order valence-electron chi connectivity index (χ3n) is 7.94. The fraction of sp³-hybridized carbons (Fsp3) is 0. The highest BCUT2D eigenvalue weighted by Crippen LogP contribution is 2.43. The summed E-state index contributed by atoms with van der Waals surface area (Å²) in [4.78, 5) is 5.07. The van der Waals surface area contributed by atoms with Crippen LogP contribution in [0, 0.1) is 0 Å². The van der Waals surface area contributed by atoms with Crippen molar-refractivity contribution < 1.29 is 0 Å². The molecular formula is C35H21N3S. The molecule has 0 spiro atoms. The van der Waals surface area contributed by atoms with E-state index in [-0.39, 0.29) is 0 Å². The van der Waals surface area contributed by atoms with Crippen molar-refractivity contribution in [1.29, 1.82) is 0 Å². The Labute approximate surface area is 227 Å². The monoisotopic (exact) mass is 515 g/mol. The highest BCUT2D eigenvalue weighted by atomic mass is 32.1. The number of benzene rings is 6. The Hall–Kier alpha value is -4.93. The van der Waals surface area contributed by atoms with Crippen LogP contribution in [0.2, 0.25) is 0 Å². The third-order valence-corrected chi connectivity index (χ3v) is 8.96. The minimum atomic E-state index is 0.998. The van der Waals surface area contributed by atoms with Gasteiger partial charge in [0.05, 0.1) is 32.3 Å². The summed E-state index contributed by atoms with van der Waals surface area (Å²) in [6, 6.07) is 45.8. The zero-order chi connectivity index (χ0) is 25.5. The molecule has 0 fully saturated rings. The summed E-state index contributed by atoms with van der Waals surface area (Å²) >= 11 is 1.74. The molecule has 0 bridgehead atoms. The van der Waals surface area contributed by atoms with Crippen LogP contribution in [0.4, 0.5) is 0 Å². The van der Waals surface area contributed by atoms with E-state index in [0.29, 0.717) is 0 Å². The normalized spacial score (nSPS) is 12.1. The molecule has 0 N–H and O–H groups in total. The molecule has 0 saturated carbocycles. The lowest BCUT2D eigenvalue weighted by Crippen LogP contribution is -1.95. The topological polar surface area (TPSA) is 22.8 Å². The molecule has 0 atom stereocenters. The lowest BCUT2D eigenvalue weighted by atomic mass is 10.0. The fourth-order valence-electron chi connectivity index (χ4n) is 6.33. The van der Waals surface area contributed by atoms with Crippen molar-refractivity contribution in [3.8, 4) is 10.8 Å². The van der Waals surface area contributed by atoms with Gasteiger partial charge in [0, 0.05) is 32.6 Å². The zero-order valence-corrected chi connectivity index (χ0v) is 21.7. The number of nitrogens with zero attached hydrogens (tertiary/aromatic N) is 3. The molecule has 0 amide bonds. The number of rotatable bonds is 2. The first-order chi connectivity index (χ1) is 19.4. The molecule has 6 aromatic carbocycles. The molecule has 9 aromatic rings. The number of para-hydroxylation sites is 4. The quantitative estimate of drug-likeness (QED) is 0.225. The van der Waals surface area contributed by atoms with E-state index >= 15 is 0 Å². The van der Waals surface area contributed by atoms with Crippen molar-refractivity contribution in [2.75, 3.05) is 0 Å². The Morgan fingerprint density at radius 3 is 2.03 bits per heavy atom. The Bertz CT molecular complexity index is 2360. The largest absolute Gasteiger partial charge is 0.309 e. The highest BCUT2D eigenvalue weighted by Gasteiger charge is 2.21. The second-order valence-electron chi connectivity index (χ2n) is 10.0. The first-order valence-electron chi connectivity index (χ1n) is 13.2. The molecule has 4 heteroatoms. The molecule has 3 aromatic heterocycles. The molecular weight excluding hydrogens is 494 g/mol. The van der Waals surface area contributed by atoms with E-state index in [9.17, 15) is 0 Å². The maximum absolute atomic E-state index is 5.07. The van der Waals surface area contributed by atoms with Crippen LogP contribution in [0.25, 0.3) is 75.4 Å². The molecule has 0 aliphatic carbocycles. The average molecular weight is 516 g/mol. The summed E-state index contributed by atoms with van der Waals surface area (Å²) in [7, 11) is 0. The van der Waals surface area contributed by atoms with E-state index in [4.69, 9.17) is 4.98 Å². The number of aromatic nitrogens is 3. The SMILES string of the molecule is c1ccc(-n2c3ccccc3c3ccc4ccc5c(c6ccccc6n5-c5nc6ccccc6s5)c4c32)cc1. The second kappa shape index (κ2) is 7.79. The smallest absolute Gasteiger partial charge is 0.195 e.